The molecule has 2 aromatic carbocycles. The van der Waals surface area contributed by atoms with Gasteiger partial charge in [0.25, 0.3) is 0 Å². The summed E-state index contributed by atoms with van der Waals surface area (Å²) in [5.41, 5.74) is -0.753. The van der Waals surface area contributed by atoms with Crippen LogP contribution in [0.2, 0.25) is 0 Å². The van der Waals surface area contributed by atoms with E-state index in [2.05, 4.69) is 0 Å². The minimum absolute atomic E-state index is 0.255. The lowest BCUT2D eigenvalue weighted by atomic mass is 10.2. The van der Waals surface area contributed by atoms with Gasteiger partial charge in [0.15, 0.2) is 6.10 Å². The van der Waals surface area contributed by atoms with E-state index in [4.69, 9.17) is 14.6 Å². The van der Waals surface area contributed by atoms with Gasteiger partial charge in [0.2, 0.25) is 0 Å². The van der Waals surface area contributed by atoms with E-state index in [-0.39, 0.29) is 5.75 Å². The van der Waals surface area contributed by atoms with Gasteiger partial charge in [-0.05, 0) is 55.5 Å². The molecule has 0 unspecified atom stereocenters. The zero-order valence-corrected chi connectivity index (χ0v) is 12.0. The molecule has 0 aromatic heterocycles. The van der Waals surface area contributed by atoms with Crippen LogP contribution < -0.4 is 9.47 Å². The van der Waals surface area contributed by atoms with Gasteiger partial charge >= 0.3 is 12.1 Å². The zero-order chi connectivity index (χ0) is 17.0. The van der Waals surface area contributed by atoms with E-state index in [1.165, 1.54) is 43.3 Å². The molecular formula is C16H13F3O4. The van der Waals surface area contributed by atoms with Crippen molar-refractivity contribution in [3.05, 3.63) is 54.1 Å². The van der Waals surface area contributed by atoms with Gasteiger partial charge in [0.1, 0.15) is 17.2 Å². The van der Waals surface area contributed by atoms with Gasteiger partial charge in [-0.2, -0.15) is 13.2 Å². The van der Waals surface area contributed by atoms with E-state index in [1.54, 1.807) is 0 Å². The van der Waals surface area contributed by atoms with Crippen molar-refractivity contribution in [3.8, 4) is 17.2 Å². The van der Waals surface area contributed by atoms with E-state index >= 15 is 0 Å². The fourth-order valence-electron chi connectivity index (χ4n) is 1.69. The summed E-state index contributed by atoms with van der Waals surface area (Å²) >= 11 is 0. The summed E-state index contributed by atoms with van der Waals surface area (Å²) in [4.78, 5) is 10.7. The van der Waals surface area contributed by atoms with Crippen molar-refractivity contribution in [1.82, 2.24) is 0 Å². The standard InChI is InChI=1S/C16H13F3O4/c1-10(15(20)21)22-12-6-8-14(9-7-12)23-13-4-2-11(3-5-13)16(17,18)19/h2-10H,1H3,(H,20,21)/t10-/m1/s1. The van der Waals surface area contributed by atoms with Crippen molar-refractivity contribution in [1.29, 1.82) is 0 Å². The molecule has 2 aromatic rings. The SMILES string of the molecule is C[C@@H](Oc1ccc(Oc2ccc(C(F)(F)F)cc2)cc1)C(=O)O. The van der Waals surface area contributed by atoms with Gasteiger partial charge in [0.05, 0.1) is 5.56 Å². The van der Waals surface area contributed by atoms with Gasteiger partial charge in [-0.25, -0.2) is 4.79 Å². The summed E-state index contributed by atoms with van der Waals surface area (Å²) in [7, 11) is 0. The van der Waals surface area contributed by atoms with Crippen LogP contribution in [0.5, 0.6) is 17.2 Å². The molecule has 0 saturated carbocycles. The maximum absolute atomic E-state index is 12.5. The van der Waals surface area contributed by atoms with Crippen molar-refractivity contribution in [2.75, 3.05) is 0 Å². The van der Waals surface area contributed by atoms with Gasteiger partial charge in [-0.1, -0.05) is 0 Å². The maximum atomic E-state index is 12.5. The largest absolute Gasteiger partial charge is 0.479 e. The Morgan fingerprint density at radius 1 is 0.957 bits per heavy atom. The molecule has 0 radical (unpaired) electrons. The second-order valence-corrected chi connectivity index (χ2v) is 4.69. The summed E-state index contributed by atoms with van der Waals surface area (Å²) in [6, 6.07) is 10.4. The normalized spacial score (nSPS) is 12.5. The van der Waals surface area contributed by atoms with Gasteiger partial charge in [0, 0.05) is 0 Å². The summed E-state index contributed by atoms with van der Waals surface area (Å²) in [5.74, 6) is -0.0968. The molecule has 0 bridgehead atoms. The Morgan fingerprint density at radius 3 is 1.83 bits per heavy atom. The number of benzene rings is 2. The number of hydrogen-bond acceptors (Lipinski definition) is 3. The Bertz CT molecular complexity index is 663. The highest BCUT2D eigenvalue weighted by molar-refractivity contribution is 5.72. The molecule has 122 valence electrons. The number of carboxylic acid groups (broad SMARTS) is 1. The predicted molar refractivity (Wildman–Crippen MR) is 75.7 cm³/mol. The summed E-state index contributed by atoms with van der Waals surface area (Å²) in [6.45, 7) is 1.40. The molecule has 0 fully saturated rings. The lowest BCUT2D eigenvalue weighted by Crippen LogP contribution is -2.22. The van der Waals surface area contributed by atoms with Crippen LogP contribution in [0.15, 0.2) is 48.5 Å². The third-order valence-electron chi connectivity index (χ3n) is 2.90. The van der Waals surface area contributed by atoms with Crippen LogP contribution >= 0.6 is 0 Å². The van der Waals surface area contributed by atoms with E-state index in [0.717, 1.165) is 12.1 Å². The molecule has 0 spiro atoms. The second kappa shape index (κ2) is 6.60. The van der Waals surface area contributed by atoms with Crippen LogP contribution in [0.25, 0.3) is 0 Å². The molecule has 0 heterocycles. The van der Waals surface area contributed by atoms with Crippen molar-refractivity contribution in [2.45, 2.75) is 19.2 Å². The van der Waals surface area contributed by atoms with Crippen LogP contribution in [0.4, 0.5) is 13.2 Å². The topological polar surface area (TPSA) is 55.8 Å². The average Bonchev–Trinajstić information content (AvgIpc) is 2.49. The van der Waals surface area contributed by atoms with Crippen LogP contribution in [-0.4, -0.2) is 17.2 Å². The fraction of sp³-hybridized carbons (Fsp3) is 0.188. The molecule has 7 heteroatoms. The first-order valence-electron chi connectivity index (χ1n) is 6.60. The Morgan fingerprint density at radius 2 is 1.39 bits per heavy atom. The van der Waals surface area contributed by atoms with Gasteiger partial charge < -0.3 is 14.6 Å². The summed E-state index contributed by atoms with van der Waals surface area (Å²) in [5, 5.41) is 8.74. The number of halogens is 3. The molecule has 2 rings (SSSR count). The molecule has 0 amide bonds. The smallest absolute Gasteiger partial charge is 0.416 e. The van der Waals surface area contributed by atoms with Crippen molar-refractivity contribution < 1.29 is 32.5 Å². The van der Waals surface area contributed by atoms with Crippen LogP contribution in [-0.2, 0) is 11.0 Å². The quantitative estimate of drug-likeness (QED) is 0.887. The van der Waals surface area contributed by atoms with E-state index in [1.807, 2.05) is 0 Å². The molecule has 4 nitrogen and oxygen atoms in total. The van der Waals surface area contributed by atoms with Crippen molar-refractivity contribution >= 4 is 5.97 Å². The fourth-order valence-corrected chi connectivity index (χ4v) is 1.69. The minimum atomic E-state index is -4.39. The molecule has 0 saturated heterocycles. The van der Waals surface area contributed by atoms with E-state index in [0.29, 0.717) is 11.5 Å². The van der Waals surface area contributed by atoms with Crippen LogP contribution in [0.1, 0.15) is 12.5 Å². The Labute approximate surface area is 130 Å². The highest BCUT2D eigenvalue weighted by atomic mass is 19.4. The zero-order valence-electron chi connectivity index (χ0n) is 12.0. The molecule has 1 N–H and O–H groups in total. The number of ether oxygens (including phenoxy) is 2. The Balaban J connectivity index is 2.02. The number of alkyl halides is 3. The predicted octanol–water partition coefficient (Wildman–Crippen LogP) is 4.35. The first-order chi connectivity index (χ1) is 10.8. The molecule has 23 heavy (non-hydrogen) atoms. The van der Waals surface area contributed by atoms with Crippen molar-refractivity contribution in [2.24, 2.45) is 0 Å². The Hall–Kier alpha value is -2.70. The number of rotatable bonds is 5. The van der Waals surface area contributed by atoms with E-state index < -0.39 is 23.8 Å². The third-order valence-corrected chi connectivity index (χ3v) is 2.90. The molecule has 0 aliphatic heterocycles. The molecule has 1 atom stereocenters. The third kappa shape index (κ3) is 4.64. The first kappa shape index (κ1) is 16.7. The van der Waals surface area contributed by atoms with E-state index in [9.17, 15) is 18.0 Å². The highest BCUT2D eigenvalue weighted by Crippen LogP contribution is 2.31. The first-order valence-corrected chi connectivity index (χ1v) is 6.60. The van der Waals surface area contributed by atoms with Crippen LogP contribution in [0, 0.1) is 0 Å². The van der Waals surface area contributed by atoms with Gasteiger partial charge in [-0.3, -0.25) is 0 Å². The highest BCUT2D eigenvalue weighted by Gasteiger charge is 2.30. The minimum Gasteiger partial charge on any atom is -0.479 e. The summed E-state index contributed by atoms with van der Waals surface area (Å²) < 4.78 is 47.9. The van der Waals surface area contributed by atoms with Crippen molar-refractivity contribution in [3.63, 3.8) is 0 Å². The monoisotopic (exact) mass is 326 g/mol. The molecular weight excluding hydrogens is 313 g/mol. The number of carbonyl (C=O) groups is 1. The van der Waals surface area contributed by atoms with Gasteiger partial charge in [-0.15, -0.1) is 0 Å². The average molecular weight is 326 g/mol. The maximum Gasteiger partial charge on any atom is 0.416 e. The van der Waals surface area contributed by atoms with Crippen LogP contribution in [0.3, 0.4) is 0 Å². The molecule has 0 aliphatic rings. The summed E-state index contributed by atoms with van der Waals surface area (Å²) in [6.07, 6.45) is -5.38. The number of hydrogen-bond donors (Lipinski definition) is 1. The lowest BCUT2D eigenvalue weighted by molar-refractivity contribution is -0.144. The second-order valence-electron chi connectivity index (χ2n) is 4.69. The lowest BCUT2D eigenvalue weighted by Gasteiger charge is -2.11. The Kier molecular flexibility index (Phi) is 4.78. The number of aliphatic carboxylic acids is 1. The number of carboxylic acids is 1. The molecule has 0 aliphatic carbocycles.